The maximum absolute atomic E-state index is 11.4. The summed E-state index contributed by atoms with van der Waals surface area (Å²) in [7, 11) is 0. The summed E-state index contributed by atoms with van der Waals surface area (Å²) < 4.78 is 4.38. The highest BCUT2D eigenvalue weighted by atomic mass is 16.6. The van der Waals surface area contributed by atoms with Crippen LogP contribution in [0.4, 0.5) is 0 Å². The molecule has 0 aromatic rings. The number of guanidine groups is 1. The normalized spacial score (nSPS) is 13.1. The van der Waals surface area contributed by atoms with Crippen molar-refractivity contribution in [3.8, 4) is 0 Å². The first-order valence-electron chi connectivity index (χ1n) is 5.78. The Hall–Kier alpha value is -2.20. The standard InChI is InChI=1S/C10H19N5O5/c11-5(2-1-3-15-10(13)14)9(19)20-7(16)4-6(12)8(17)18/h5-6H,1-4,11-12H2,(H,17,18)(H4,13,14,15)/t5-,6+/m1/s1. The third kappa shape index (κ3) is 8.00. The van der Waals surface area contributed by atoms with Crippen LogP contribution in [0.25, 0.3) is 0 Å². The summed E-state index contributed by atoms with van der Waals surface area (Å²) in [6.07, 6.45) is 0.0344. The van der Waals surface area contributed by atoms with E-state index in [0.29, 0.717) is 13.0 Å². The molecular formula is C10H19N5O5. The van der Waals surface area contributed by atoms with Crippen molar-refractivity contribution in [3.63, 3.8) is 0 Å². The second kappa shape index (κ2) is 8.82. The molecule has 0 fully saturated rings. The molecule has 0 aromatic heterocycles. The largest absolute Gasteiger partial charge is 0.480 e. The second-order valence-electron chi connectivity index (χ2n) is 4.00. The fourth-order valence-corrected chi connectivity index (χ4v) is 1.13. The Bertz CT molecular complexity index is 393. The number of aliphatic imine (C=N–C) groups is 1. The van der Waals surface area contributed by atoms with Crippen molar-refractivity contribution in [1.82, 2.24) is 0 Å². The molecule has 20 heavy (non-hydrogen) atoms. The van der Waals surface area contributed by atoms with Crippen molar-refractivity contribution in [1.29, 1.82) is 0 Å². The van der Waals surface area contributed by atoms with E-state index in [4.69, 9.17) is 28.0 Å². The van der Waals surface area contributed by atoms with E-state index < -0.39 is 36.4 Å². The van der Waals surface area contributed by atoms with E-state index in [1.54, 1.807) is 0 Å². The van der Waals surface area contributed by atoms with E-state index in [-0.39, 0.29) is 12.4 Å². The maximum atomic E-state index is 11.4. The van der Waals surface area contributed by atoms with Crippen LogP contribution in [-0.4, -0.2) is 47.6 Å². The van der Waals surface area contributed by atoms with Crippen molar-refractivity contribution in [2.45, 2.75) is 31.3 Å². The quantitative estimate of drug-likeness (QED) is 0.103. The van der Waals surface area contributed by atoms with Gasteiger partial charge in [-0.25, -0.2) is 4.79 Å². The molecule has 114 valence electrons. The van der Waals surface area contributed by atoms with Crippen molar-refractivity contribution < 1.29 is 24.2 Å². The molecule has 0 amide bonds. The zero-order valence-electron chi connectivity index (χ0n) is 10.8. The molecule has 0 unspecified atom stereocenters. The van der Waals surface area contributed by atoms with E-state index in [1.165, 1.54) is 0 Å². The number of nitrogens with zero attached hydrogens (tertiary/aromatic N) is 1. The second-order valence-corrected chi connectivity index (χ2v) is 4.00. The van der Waals surface area contributed by atoms with Crippen molar-refractivity contribution in [3.05, 3.63) is 0 Å². The van der Waals surface area contributed by atoms with Crippen LogP contribution in [0.1, 0.15) is 19.3 Å². The van der Waals surface area contributed by atoms with E-state index in [1.807, 2.05) is 0 Å². The van der Waals surface area contributed by atoms with Gasteiger partial charge in [-0.15, -0.1) is 0 Å². The SMILES string of the molecule is NC(N)=NCCC[C@@H](N)C(=O)OC(=O)C[C@H](N)C(=O)O. The molecule has 0 radical (unpaired) electrons. The van der Waals surface area contributed by atoms with Crippen LogP contribution in [0, 0.1) is 0 Å². The summed E-state index contributed by atoms with van der Waals surface area (Å²) in [5.41, 5.74) is 20.8. The molecule has 0 rings (SSSR count). The number of carboxylic acids is 1. The lowest BCUT2D eigenvalue weighted by molar-refractivity contribution is -0.162. The molecule has 10 heteroatoms. The van der Waals surface area contributed by atoms with Gasteiger partial charge in [-0.3, -0.25) is 14.6 Å². The third-order valence-corrected chi connectivity index (χ3v) is 2.19. The average Bonchev–Trinajstić information content (AvgIpc) is 2.33. The van der Waals surface area contributed by atoms with E-state index in [0.717, 1.165) is 0 Å². The van der Waals surface area contributed by atoms with Crippen LogP contribution in [0.3, 0.4) is 0 Å². The Morgan fingerprint density at radius 1 is 1.15 bits per heavy atom. The number of hydrogen-bond donors (Lipinski definition) is 5. The van der Waals surface area contributed by atoms with Gasteiger partial charge in [0, 0.05) is 6.54 Å². The molecule has 0 spiro atoms. The van der Waals surface area contributed by atoms with Gasteiger partial charge in [0.2, 0.25) is 0 Å². The molecule has 0 aliphatic heterocycles. The van der Waals surface area contributed by atoms with Crippen LogP contribution in [-0.2, 0) is 19.1 Å². The summed E-state index contributed by atoms with van der Waals surface area (Å²) in [6.45, 7) is 0.293. The molecule has 0 saturated heterocycles. The number of carboxylic acid groups (broad SMARTS) is 1. The van der Waals surface area contributed by atoms with Crippen LogP contribution >= 0.6 is 0 Å². The summed E-state index contributed by atoms with van der Waals surface area (Å²) in [6, 6.07) is -2.44. The first kappa shape index (κ1) is 17.8. The number of ether oxygens (including phenoxy) is 1. The van der Waals surface area contributed by atoms with Crippen molar-refractivity contribution >= 4 is 23.9 Å². The number of esters is 2. The fraction of sp³-hybridized carbons (Fsp3) is 0.600. The molecule has 10 nitrogen and oxygen atoms in total. The van der Waals surface area contributed by atoms with Crippen LogP contribution in [0.15, 0.2) is 4.99 Å². The predicted octanol–water partition coefficient (Wildman–Crippen LogP) is -2.76. The van der Waals surface area contributed by atoms with Gasteiger partial charge in [0.25, 0.3) is 0 Å². The smallest absolute Gasteiger partial charge is 0.330 e. The van der Waals surface area contributed by atoms with Gasteiger partial charge < -0.3 is 32.8 Å². The number of aliphatic carboxylic acids is 1. The predicted molar refractivity (Wildman–Crippen MR) is 69.2 cm³/mol. The first-order chi connectivity index (χ1) is 9.23. The third-order valence-electron chi connectivity index (χ3n) is 2.19. The van der Waals surface area contributed by atoms with Gasteiger partial charge in [0.15, 0.2) is 5.96 Å². The van der Waals surface area contributed by atoms with Crippen molar-refractivity contribution in [2.24, 2.45) is 27.9 Å². The molecule has 0 bridgehead atoms. The number of carbonyl (C=O) groups is 3. The molecule has 0 aromatic carbocycles. The summed E-state index contributed by atoms with van der Waals surface area (Å²) in [4.78, 5) is 36.7. The highest BCUT2D eigenvalue weighted by Gasteiger charge is 2.22. The monoisotopic (exact) mass is 289 g/mol. The Morgan fingerprint density at radius 2 is 1.75 bits per heavy atom. The van der Waals surface area contributed by atoms with Crippen LogP contribution in [0.2, 0.25) is 0 Å². The minimum absolute atomic E-state index is 0.0704. The minimum Gasteiger partial charge on any atom is -0.480 e. The molecule has 0 heterocycles. The summed E-state index contributed by atoms with van der Waals surface area (Å²) >= 11 is 0. The number of hydrogen-bond acceptors (Lipinski definition) is 7. The Kier molecular flexibility index (Phi) is 7.85. The number of carbonyl (C=O) groups excluding carboxylic acids is 2. The van der Waals surface area contributed by atoms with E-state index in [9.17, 15) is 14.4 Å². The van der Waals surface area contributed by atoms with Crippen LogP contribution < -0.4 is 22.9 Å². The zero-order chi connectivity index (χ0) is 15.7. The van der Waals surface area contributed by atoms with E-state index in [2.05, 4.69) is 9.73 Å². The Labute approximate surface area is 115 Å². The number of nitrogens with two attached hydrogens (primary N) is 4. The highest BCUT2D eigenvalue weighted by molar-refractivity contribution is 5.90. The first-order valence-corrected chi connectivity index (χ1v) is 5.78. The lowest BCUT2D eigenvalue weighted by atomic mass is 10.1. The topological polar surface area (TPSA) is 197 Å². The zero-order valence-corrected chi connectivity index (χ0v) is 10.8. The fourth-order valence-electron chi connectivity index (χ4n) is 1.13. The summed E-state index contributed by atoms with van der Waals surface area (Å²) in [5, 5.41) is 8.49. The van der Waals surface area contributed by atoms with Gasteiger partial charge >= 0.3 is 17.9 Å². The average molecular weight is 289 g/mol. The van der Waals surface area contributed by atoms with Gasteiger partial charge in [0.1, 0.15) is 12.1 Å². The Balaban J connectivity index is 4.04. The molecule has 0 aliphatic carbocycles. The lowest BCUT2D eigenvalue weighted by Crippen LogP contribution is -2.37. The Morgan fingerprint density at radius 3 is 2.25 bits per heavy atom. The maximum Gasteiger partial charge on any atom is 0.330 e. The lowest BCUT2D eigenvalue weighted by Gasteiger charge is -2.10. The molecule has 9 N–H and O–H groups in total. The van der Waals surface area contributed by atoms with Gasteiger partial charge in [-0.1, -0.05) is 0 Å². The molecular weight excluding hydrogens is 270 g/mol. The molecule has 0 aliphatic rings. The van der Waals surface area contributed by atoms with Gasteiger partial charge in [-0.2, -0.15) is 0 Å². The molecule has 0 saturated carbocycles. The van der Waals surface area contributed by atoms with E-state index >= 15 is 0 Å². The van der Waals surface area contributed by atoms with Gasteiger partial charge in [-0.05, 0) is 12.8 Å². The number of rotatable bonds is 8. The summed E-state index contributed by atoms with van der Waals surface area (Å²) in [5.74, 6) is -3.42. The minimum atomic E-state index is -1.42. The van der Waals surface area contributed by atoms with Crippen molar-refractivity contribution in [2.75, 3.05) is 6.54 Å². The van der Waals surface area contributed by atoms with Crippen LogP contribution in [0.5, 0.6) is 0 Å². The molecule has 2 atom stereocenters. The van der Waals surface area contributed by atoms with Gasteiger partial charge in [0.05, 0.1) is 6.42 Å². The highest BCUT2D eigenvalue weighted by Crippen LogP contribution is 2.00.